The van der Waals surface area contributed by atoms with Gasteiger partial charge in [0.15, 0.2) is 0 Å². The minimum Gasteiger partial charge on any atom is -0.378 e. The lowest BCUT2D eigenvalue weighted by molar-refractivity contribution is -0.120. The van der Waals surface area contributed by atoms with Crippen molar-refractivity contribution in [1.82, 2.24) is 9.80 Å². The summed E-state index contributed by atoms with van der Waals surface area (Å²) < 4.78 is 0. The zero-order valence-corrected chi connectivity index (χ0v) is 19.0. The van der Waals surface area contributed by atoms with Crippen LogP contribution in [0.25, 0.3) is 5.57 Å². The summed E-state index contributed by atoms with van der Waals surface area (Å²) in [7, 11) is 5.97. The SMILES string of the molecule is Cc1ccc(C2=C(N3CCN(C)CC3)C(=O)N(c3cccc(N(C)C)c3)C2=O)cc1C. The third-order valence-electron chi connectivity index (χ3n) is 6.28. The van der Waals surface area contributed by atoms with Crippen LogP contribution in [0.15, 0.2) is 48.2 Å². The maximum atomic E-state index is 13.7. The molecule has 6 nitrogen and oxygen atoms in total. The minimum absolute atomic E-state index is 0.237. The molecule has 2 amide bonds. The number of anilines is 2. The highest BCUT2D eigenvalue weighted by Crippen LogP contribution is 2.36. The largest absolute Gasteiger partial charge is 0.378 e. The van der Waals surface area contributed by atoms with Crippen molar-refractivity contribution in [1.29, 1.82) is 0 Å². The number of benzene rings is 2. The van der Waals surface area contributed by atoms with Gasteiger partial charge in [0.1, 0.15) is 5.70 Å². The van der Waals surface area contributed by atoms with Gasteiger partial charge in [-0.15, -0.1) is 0 Å². The molecule has 2 aromatic carbocycles. The number of carbonyl (C=O) groups excluding carboxylic acids is 2. The fraction of sp³-hybridized carbons (Fsp3) is 0.360. The second-order valence-electron chi connectivity index (χ2n) is 8.67. The Balaban J connectivity index is 1.82. The highest BCUT2D eigenvalue weighted by molar-refractivity contribution is 6.45. The molecule has 2 aliphatic heterocycles. The van der Waals surface area contributed by atoms with Crippen LogP contribution in [0.4, 0.5) is 11.4 Å². The lowest BCUT2D eigenvalue weighted by atomic mass is 9.99. The Labute approximate surface area is 184 Å². The zero-order valence-electron chi connectivity index (χ0n) is 19.0. The first kappa shape index (κ1) is 21.1. The van der Waals surface area contributed by atoms with E-state index >= 15 is 0 Å². The molecule has 0 bridgehead atoms. The summed E-state index contributed by atoms with van der Waals surface area (Å²) in [6.07, 6.45) is 0. The lowest BCUT2D eigenvalue weighted by Gasteiger charge is -2.34. The Morgan fingerprint density at radius 3 is 2.19 bits per heavy atom. The van der Waals surface area contributed by atoms with Crippen LogP contribution in [0.2, 0.25) is 0 Å². The van der Waals surface area contributed by atoms with Gasteiger partial charge in [-0.3, -0.25) is 9.59 Å². The van der Waals surface area contributed by atoms with E-state index in [2.05, 4.69) is 23.8 Å². The Kier molecular flexibility index (Phi) is 5.58. The monoisotopic (exact) mass is 418 g/mol. The lowest BCUT2D eigenvalue weighted by Crippen LogP contribution is -2.46. The van der Waals surface area contributed by atoms with Crippen LogP contribution < -0.4 is 9.80 Å². The molecular formula is C25H30N4O2. The van der Waals surface area contributed by atoms with E-state index < -0.39 is 0 Å². The van der Waals surface area contributed by atoms with Gasteiger partial charge in [-0.05, 0) is 55.8 Å². The van der Waals surface area contributed by atoms with Crippen molar-refractivity contribution in [3.8, 4) is 0 Å². The second kappa shape index (κ2) is 8.19. The van der Waals surface area contributed by atoms with E-state index in [1.165, 1.54) is 4.90 Å². The van der Waals surface area contributed by atoms with E-state index in [-0.39, 0.29) is 11.8 Å². The second-order valence-corrected chi connectivity index (χ2v) is 8.67. The number of carbonyl (C=O) groups is 2. The Morgan fingerprint density at radius 2 is 1.55 bits per heavy atom. The molecule has 0 saturated carbocycles. The van der Waals surface area contributed by atoms with Gasteiger partial charge in [0, 0.05) is 46.0 Å². The molecule has 0 aliphatic carbocycles. The quantitative estimate of drug-likeness (QED) is 0.715. The topological polar surface area (TPSA) is 47.1 Å². The predicted molar refractivity (Wildman–Crippen MR) is 125 cm³/mol. The van der Waals surface area contributed by atoms with Gasteiger partial charge in [-0.1, -0.05) is 24.3 Å². The average Bonchev–Trinajstić information content (AvgIpc) is 3.01. The smallest absolute Gasteiger partial charge is 0.282 e. The third kappa shape index (κ3) is 3.83. The summed E-state index contributed by atoms with van der Waals surface area (Å²) in [5, 5.41) is 0. The van der Waals surface area contributed by atoms with Crippen molar-refractivity contribution in [3.05, 3.63) is 64.9 Å². The number of nitrogens with zero attached hydrogens (tertiary/aromatic N) is 4. The maximum Gasteiger partial charge on any atom is 0.282 e. The van der Waals surface area contributed by atoms with E-state index in [1.807, 2.05) is 68.4 Å². The Hall–Kier alpha value is -3.12. The molecule has 1 fully saturated rings. The van der Waals surface area contributed by atoms with E-state index in [0.717, 1.165) is 48.6 Å². The number of imide groups is 1. The highest BCUT2D eigenvalue weighted by atomic mass is 16.2. The fourth-order valence-corrected chi connectivity index (χ4v) is 4.14. The van der Waals surface area contributed by atoms with E-state index in [9.17, 15) is 9.59 Å². The molecule has 31 heavy (non-hydrogen) atoms. The van der Waals surface area contributed by atoms with E-state index in [0.29, 0.717) is 17.0 Å². The molecule has 0 radical (unpaired) electrons. The molecule has 0 unspecified atom stereocenters. The highest BCUT2D eigenvalue weighted by Gasteiger charge is 2.43. The first-order valence-electron chi connectivity index (χ1n) is 10.7. The molecule has 162 valence electrons. The number of piperazine rings is 1. The molecule has 4 rings (SSSR count). The third-order valence-corrected chi connectivity index (χ3v) is 6.28. The molecule has 0 aromatic heterocycles. The minimum atomic E-state index is -0.252. The van der Waals surface area contributed by atoms with E-state index in [4.69, 9.17) is 0 Å². The normalized spacial score (nSPS) is 17.7. The van der Waals surface area contributed by atoms with Crippen molar-refractivity contribution in [2.45, 2.75) is 13.8 Å². The maximum absolute atomic E-state index is 13.7. The number of hydrogen-bond acceptors (Lipinski definition) is 5. The Morgan fingerprint density at radius 1 is 0.839 bits per heavy atom. The van der Waals surface area contributed by atoms with E-state index in [1.54, 1.807) is 0 Å². The van der Waals surface area contributed by atoms with Crippen LogP contribution in [0.1, 0.15) is 16.7 Å². The van der Waals surface area contributed by atoms with Crippen LogP contribution in [0.5, 0.6) is 0 Å². The van der Waals surface area contributed by atoms with Crippen molar-refractivity contribution in [2.24, 2.45) is 0 Å². The van der Waals surface area contributed by atoms with Crippen molar-refractivity contribution in [2.75, 3.05) is 57.1 Å². The van der Waals surface area contributed by atoms with Gasteiger partial charge >= 0.3 is 0 Å². The van der Waals surface area contributed by atoms with Crippen molar-refractivity contribution in [3.63, 3.8) is 0 Å². The summed E-state index contributed by atoms with van der Waals surface area (Å²) in [5.74, 6) is -0.489. The van der Waals surface area contributed by atoms with Gasteiger partial charge < -0.3 is 14.7 Å². The van der Waals surface area contributed by atoms with Gasteiger partial charge in [0.25, 0.3) is 11.8 Å². The van der Waals surface area contributed by atoms with Gasteiger partial charge in [-0.25, -0.2) is 4.90 Å². The summed E-state index contributed by atoms with van der Waals surface area (Å²) in [4.78, 5) is 35.0. The summed E-state index contributed by atoms with van der Waals surface area (Å²) in [5.41, 5.74) is 5.66. The number of rotatable bonds is 4. The van der Waals surface area contributed by atoms with Crippen LogP contribution in [0, 0.1) is 13.8 Å². The number of aryl methyl sites for hydroxylation is 2. The molecule has 2 heterocycles. The van der Waals surface area contributed by atoms with Crippen LogP contribution in [-0.4, -0.2) is 68.9 Å². The Bertz CT molecular complexity index is 1060. The summed E-state index contributed by atoms with van der Waals surface area (Å²) in [6.45, 7) is 7.27. The number of likely N-dealkylation sites (N-methyl/N-ethyl adjacent to an activating group) is 1. The number of hydrogen-bond donors (Lipinski definition) is 0. The molecule has 1 saturated heterocycles. The number of amides is 2. The average molecular weight is 419 g/mol. The van der Waals surface area contributed by atoms with Gasteiger partial charge in [0.2, 0.25) is 0 Å². The first-order valence-corrected chi connectivity index (χ1v) is 10.7. The standard InChI is InChI=1S/C25H30N4O2/c1-17-9-10-19(15-18(17)2)22-23(28-13-11-27(5)12-14-28)25(31)29(24(22)30)21-8-6-7-20(16-21)26(3)4/h6-10,15-16H,11-14H2,1-5H3. The van der Waals surface area contributed by atoms with Crippen LogP contribution in [-0.2, 0) is 9.59 Å². The molecule has 6 heteroatoms. The summed E-state index contributed by atoms with van der Waals surface area (Å²) in [6, 6.07) is 13.6. The molecule has 0 N–H and O–H groups in total. The molecular weight excluding hydrogens is 388 g/mol. The van der Waals surface area contributed by atoms with Gasteiger partial charge in [0.05, 0.1) is 11.3 Å². The van der Waals surface area contributed by atoms with Gasteiger partial charge in [-0.2, -0.15) is 0 Å². The predicted octanol–water partition coefficient (Wildman–Crippen LogP) is 2.90. The molecule has 2 aromatic rings. The van der Waals surface area contributed by atoms with Crippen LogP contribution >= 0.6 is 0 Å². The van der Waals surface area contributed by atoms with Crippen LogP contribution in [0.3, 0.4) is 0 Å². The molecule has 0 atom stereocenters. The fourth-order valence-electron chi connectivity index (χ4n) is 4.14. The van der Waals surface area contributed by atoms with Crippen molar-refractivity contribution < 1.29 is 9.59 Å². The first-order chi connectivity index (χ1) is 14.8. The van der Waals surface area contributed by atoms with Crippen molar-refractivity contribution >= 4 is 28.8 Å². The molecule has 2 aliphatic rings. The summed E-state index contributed by atoms with van der Waals surface area (Å²) >= 11 is 0. The molecule has 0 spiro atoms. The zero-order chi connectivity index (χ0) is 22.3.